The standard InChI is InChI=1S/C19H19BrClN3O4S2/c1-11-14(21)3-2-4-15(11)23-17(25)10-29-19-22-9-16(18(26)24-19)30(27,28)13-7-5-12(20)6-8-13/h2-8,16,19,22H,9-10H2,1H3,(H,23,25)(H,24,26). The lowest BCUT2D eigenvalue weighted by Gasteiger charge is -2.29. The van der Waals surface area contributed by atoms with Crippen LogP contribution in [0.15, 0.2) is 51.8 Å². The van der Waals surface area contributed by atoms with Gasteiger partial charge in [-0.1, -0.05) is 33.6 Å². The lowest BCUT2D eigenvalue weighted by molar-refractivity contribution is -0.122. The highest BCUT2D eigenvalue weighted by molar-refractivity contribution is 9.10. The minimum atomic E-state index is -3.83. The highest BCUT2D eigenvalue weighted by Crippen LogP contribution is 2.24. The molecule has 1 heterocycles. The van der Waals surface area contributed by atoms with Crippen LogP contribution in [0.25, 0.3) is 0 Å². The van der Waals surface area contributed by atoms with Crippen LogP contribution in [0.1, 0.15) is 5.56 Å². The van der Waals surface area contributed by atoms with Gasteiger partial charge in [-0.2, -0.15) is 0 Å². The zero-order chi connectivity index (χ0) is 21.9. The number of hydrogen-bond acceptors (Lipinski definition) is 6. The lowest BCUT2D eigenvalue weighted by atomic mass is 10.2. The van der Waals surface area contributed by atoms with E-state index in [0.29, 0.717) is 10.7 Å². The van der Waals surface area contributed by atoms with Crippen LogP contribution in [0.2, 0.25) is 5.02 Å². The zero-order valence-electron chi connectivity index (χ0n) is 15.8. The number of nitrogens with one attached hydrogen (secondary N) is 3. The molecule has 160 valence electrons. The summed E-state index contributed by atoms with van der Waals surface area (Å²) in [5, 5.41) is 7.68. The first kappa shape index (κ1) is 23.1. The van der Waals surface area contributed by atoms with Crippen molar-refractivity contribution in [3.05, 3.63) is 57.5 Å². The molecule has 1 aliphatic rings. The lowest BCUT2D eigenvalue weighted by Crippen LogP contribution is -2.59. The van der Waals surface area contributed by atoms with Gasteiger partial charge in [0.1, 0.15) is 5.50 Å². The van der Waals surface area contributed by atoms with Gasteiger partial charge < -0.3 is 10.6 Å². The van der Waals surface area contributed by atoms with Crippen LogP contribution in [-0.4, -0.2) is 43.3 Å². The molecule has 0 aromatic heterocycles. The van der Waals surface area contributed by atoms with Crippen LogP contribution in [0, 0.1) is 6.92 Å². The molecule has 1 aliphatic heterocycles. The largest absolute Gasteiger partial charge is 0.331 e. The fraction of sp³-hybridized carbons (Fsp3) is 0.263. The van der Waals surface area contributed by atoms with Crippen LogP contribution in [0.5, 0.6) is 0 Å². The highest BCUT2D eigenvalue weighted by Gasteiger charge is 2.38. The van der Waals surface area contributed by atoms with Gasteiger partial charge in [0, 0.05) is 21.7 Å². The van der Waals surface area contributed by atoms with Crippen molar-refractivity contribution < 1.29 is 18.0 Å². The molecular formula is C19H19BrClN3O4S2. The van der Waals surface area contributed by atoms with Crippen molar-refractivity contribution in [1.29, 1.82) is 0 Å². The minimum absolute atomic E-state index is 0.0447. The first-order chi connectivity index (χ1) is 14.2. The number of hydrogen-bond donors (Lipinski definition) is 3. The fourth-order valence-electron chi connectivity index (χ4n) is 2.81. The highest BCUT2D eigenvalue weighted by atomic mass is 79.9. The maximum absolute atomic E-state index is 12.7. The van der Waals surface area contributed by atoms with Crippen molar-refractivity contribution >= 4 is 66.6 Å². The topological polar surface area (TPSA) is 104 Å². The summed E-state index contributed by atoms with van der Waals surface area (Å²) in [7, 11) is -3.83. The van der Waals surface area contributed by atoms with E-state index in [9.17, 15) is 18.0 Å². The van der Waals surface area contributed by atoms with E-state index >= 15 is 0 Å². The van der Waals surface area contributed by atoms with Crippen LogP contribution in [0.4, 0.5) is 5.69 Å². The molecule has 2 unspecified atom stereocenters. The van der Waals surface area contributed by atoms with E-state index in [2.05, 4.69) is 31.9 Å². The number of anilines is 1. The van der Waals surface area contributed by atoms with Crippen molar-refractivity contribution in [2.45, 2.75) is 22.6 Å². The SMILES string of the molecule is Cc1c(Cl)cccc1NC(=O)CSC1NCC(S(=O)(=O)c2ccc(Br)cc2)C(=O)N1. The Morgan fingerprint density at radius 1 is 1.27 bits per heavy atom. The van der Waals surface area contributed by atoms with Crippen molar-refractivity contribution in [3.63, 3.8) is 0 Å². The van der Waals surface area contributed by atoms with E-state index < -0.39 is 26.5 Å². The molecule has 0 aliphatic carbocycles. The minimum Gasteiger partial charge on any atom is -0.331 e. The Bertz CT molecular complexity index is 1060. The Labute approximate surface area is 192 Å². The molecule has 0 radical (unpaired) electrons. The Morgan fingerprint density at radius 2 is 1.97 bits per heavy atom. The van der Waals surface area contributed by atoms with Crippen molar-refractivity contribution in [2.75, 3.05) is 17.6 Å². The molecule has 3 N–H and O–H groups in total. The number of sulfone groups is 1. The maximum Gasteiger partial charge on any atom is 0.241 e. The van der Waals surface area contributed by atoms with Crippen molar-refractivity contribution in [2.24, 2.45) is 0 Å². The maximum atomic E-state index is 12.7. The third kappa shape index (κ3) is 5.36. The summed E-state index contributed by atoms with van der Waals surface area (Å²) in [6, 6.07) is 11.4. The molecule has 30 heavy (non-hydrogen) atoms. The average molecular weight is 533 g/mol. The summed E-state index contributed by atoms with van der Waals surface area (Å²) < 4.78 is 26.2. The van der Waals surface area contributed by atoms with Gasteiger partial charge >= 0.3 is 0 Å². The molecule has 2 amide bonds. The van der Waals surface area contributed by atoms with Gasteiger partial charge in [0.15, 0.2) is 15.1 Å². The predicted octanol–water partition coefficient (Wildman–Crippen LogP) is 2.93. The van der Waals surface area contributed by atoms with Gasteiger partial charge in [-0.15, -0.1) is 11.8 Å². The van der Waals surface area contributed by atoms with Crippen molar-refractivity contribution in [1.82, 2.24) is 10.6 Å². The van der Waals surface area contributed by atoms with E-state index in [1.54, 1.807) is 37.3 Å². The second kappa shape index (κ2) is 9.69. The molecule has 1 saturated heterocycles. The second-order valence-electron chi connectivity index (χ2n) is 6.56. The second-order valence-corrected chi connectivity index (χ2v) is 11.1. The molecule has 0 saturated carbocycles. The normalized spacial score (nSPS) is 19.2. The van der Waals surface area contributed by atoms with Gasteiger partial charge in [0.25, 0.3) is 0 Å². The van der Waals surface area contributed by atoms with Crippen LogP contribution < -0.4 is 16.0 Å². The Balaban J connectivity index is 1.55. The molecule has 2 aromatic carbocycles. The fourth-order valence-corrected chi connectivity index (χ4v) is 5.56. The Kier molecular flexibility index (Phi) is 7.46. The molecule has 0 spiro atoms. The van der Waals surface area contributed by atoms with Crippen molar-refractivity contribution in [3.8, 4) is 0 Å². The number of rotatable bonds is 6. The number of carbonyl (C=O) groups is 2. The predicted molar refractivity (Wildman–Crippen MR) is 122 cm³/mol. The molecule has 0 bridgehead atoms. The molecule has 2 aromatic rings. The molecular weight excluding hydrogens is 514 g/mol. The number of amides is 2. The van der Waals surface area contributed by atoms with Gasteiger partial charge in [-0.25, -0.2) is 8.42 Å². The van der Waals surface area contributed by atoms with Gasteiger partial charge in [0.05, 0.1) is 10.6 Å². The average Bonchev–Trinajstić information content (AvgIpc) is 2.70. The van der Waals surface area contributed by atoms with E-state index in [0.717, 1.165) is 21.8 Å². The summed E-state index contributed by atoms with van der Waals surface area (Å²) in [6.07, 6.45) is 0. The Morgan fingerprint density at radius 3 is 2.63 bits per heavy atom. The zero-order valence-corrected chi connectivity index (χ0v) is 19.8. The molecule has 7 nitrogen and oxygen atoms in total. The number of thioether (sulfide) groups is 1. The summed E-state index contributed by atoms with van der Waals surface area (Å²) in [5.41, 5.74) is 0.817. The Hall–Kier alpha value is -1.59. The molecule has 1 fully saturated rings. The summed E-state index contributed by atoms with van der Waals surface area (Å²) in [5.74, 6) is -0.792. The van der Waals surface area contributed by atoms with Gasteiger partial charge in [-0.05, 0) is 48.9 Å². The summed E-state index contributed by atoms with van der Waals surface area (Å²) >= 11 is 10.5. The third-order valence-electron chi connectivity index (χ3n) is 4.49. The quantitative estimate of drug-likeness (QED) is 0.528. The summed E-state index contributed by atoms with van der Waals surface area (Å²) in [6.45, 7) is 1.76. The first-order valence-electron chi connectivity index (χ1n) is 8.88. The molecule has 3 rings (SSSR count). The van der Waals surface area contributed by atoms with Crippen LogP contribution >= 0.6 is 39.3 Å². The smallest absolute Gasteiger partial charge is 0.241 e. The first-order valence-corrected chi connectivity index (χ1v) is 12.6. The molecule has 11 heteroatoms. The number of halogens is 2. The molecule has 2 atom stereocenters. The van der Waals surface area contributed by atoms with Gasteiger partial charge in [0.2, 0.25) is 11.8 Å². The van der Waals surface area contributed by atoms with Crippen LogP contribution in [0.3, 0.4) is 0 Å². The van der Waals surface area contributed by atoms with E-state index in [4.69, 9.17) is 11.6 Å². The van der Waals surface area contributed by atoms with E-state index in [1.807, 2.05) is 0 Å². The van der Waals surface area contributed by atoms with E-state index in [-0.39, 0.29) is 23.1 Å². The number of benzene rings is 2. The third-order valence-corrected chi connectivity index (χ3v) is 8.54. The van der Waals surface area contributed by atoms with Gasteiger partial charge in [-0.3, -0.25) is 14.9 Å². The monoisotopic (exact) mass is 531 g/mol. The number of carbonyl (C=O) groups excluding carboxylic acids is 2. The van der Waals surface area contributed by atoms with Crippen LogP contribution in [-0.2, 0) is 19.4 Å². The summed E-state index contributed by atoms with van der Waals surface area (Å²) in [4.78, 5) is 24.7. The van der Waals surface area contributed by atoms with E-state index in [1.165, 1.54) is 12.1 Å².